The third-order valence-corrected chi connectivity index (χ3v) is 3.52. The fourth-order valence-corrected chi connectivity index (χ4v) is 2.16. The van der Waals surface area contributed by atoms with Gasteiger partial charge in [-0.2, -0.15) is 13.2 Å². The van der Waals surface area contributed by atoms with Gasteiger partial charge in [-0.3, -0.25) is 9.89 Å². The second-order valence-electron chi connectivity index (χ2n) is 5.56. The van der Waals surface area contributed by atoms with Crippen LogP contribution in [0.5, 0.6) is 0 Å². The van der Waals surface area contributed by atoms with E-state index in [1.807, 2.05) is 4.90 Å². The standard InChI is InChI=1S/C13H25F3N4/c1-10(2)9-18-12(17-4)20-7-5-19(6-8-20)11(3)13(14,15)16/h10-11H,5-9H2,1-4H3,(H,17,18). The van der Waals surface area contributed by atoms with Gasteiger partial charge in [-0.15, -0.1) is 0 Å². The Bertz CT molecular complexity index is 320. The van der Waals surface area contributed by atoms with Gasteiger partial charge in [0.05, 0.1) is 0 Å². The van der Waals surface area contributed by atoms with Crippen LogP contribution in [0.15, 0.2) is 4.99 Å². The van der Waals surface area contributed by atoms with Crippen LogP contribution in [0.25, 0.3) is 0 Å². The van der Waals surface area contributed by atoms with Gasteiger partial charge >= 0.3 is 6.18 Å². The molecule has 7 heteroatoms. The van der Waals surface area contributed by atoms with Crippen LogP contribution in [0.1, 0.15) is 20.8 Å². The monoisotopic (exact) mass is 294 g/mol. The van der Waals surface area contributed by atoms with E-state index in [1.165, 1.54) is 11.8 Å². The lowest BCUT2D eigenvalue weighted by Crippen LogP contribution is -2.57. The Morgan fingerprint density at radius 3 is 2.10 bits per heavy atom. The second-order valence-corrected chi connectivity index (χ2v) is 5.56. The molecule has 1 saturated heterocycles. The predicted octanol–water partition coefficient (Wildman–Crippen LogP) is 1.79. The Hall–Kier alpha value is -0.980. The van der Waals surface area contributed by atoms with Crippen molar-refractivity contribution in [3.05, 3.63) is 0 Å². The van der Waals surface area contributed by atoms with Crippen LogP contribution in [-0.4, -0.2) is 67.7 Å². The van der Waals surface area contributed by atoms with Crippen molar-refractivity contribution >= 4 is 5.96 Å². The molecule has 1 unspecified atom stereocenters. The molecule has 1 rings (SSSR count). The molecular weight excluding hydrogens is 269 g/mol. The van der Waals surface area contributed by atoms with Crippen molar-refractivity contribution in [1.82, 2.24) is 15.1 Å². The molecular formula is C13H25F3N4. The molecule has 0 aromatic heterocycles. The third kappa shape index (κ3) is 4.85. The van der Waals surface area contributed by atoms with E-state index in [4.69, 9.17) is 0 Å². The molecule has 0 aromatic rings. The highest BCUT2D eigenvalue weighted by Gasteiger charge is 2.40. The molecule has 0 aliphatic carbocycles. The molecule has 1 aliphatic heterocycles. The maximum absolute atomic E-state index is 12.7. The molecule has 0 amide bonds. The van der Waals surface area contributed by atoms with Crippen molar-refractivity contribution in [1.29, 1.82) is 0 Å². The molecule has 0 saturated carbocycles. The summed E-state index contributed by atoms with van der Waals surface area (Å²) in [7, 11) is 1.70. The highest BCUT2D eigenvalue weighted by atomic mass is 19.4. The lowest BCUT2D eigenvalue weighted by atomic mass is 10.2. The molecule has 0 spiro atoms. The lowest BCUT2D eigenvalue weighted by Gasteiger charge is -2.39. The summed E-state index contributed by atoms with van der Waals surface area (Å²) < 4.78 is 38.0. The minimum atomic E-state index is -4.15. The number of hydrogen-bond acceptors (Lipinski definition) is 2. The van der Waals surface area contributed by atoms with Crippen LogP contribution < -0.4 is 5.32 Å². The highest BCUT2D eigenvalue weighted by molar-refractivity contribution is 5.80. The van der Waals surface area contributed by atoms with Gasteiger partial charge in [0.1, 0.15) is 6.04 Å². The maximum atomic E-state index is 12.7. The first-order valence-corrected chi connectivity index (χ1v) is 7.02. The van der Waals surface area contributed by atoms with E-state index >= 15 is 0 Å². The number of nitrogens with one attached hydrogen (secondary N) is 1. The molecule has 4 nitrogen and oxygen atoms in total. The molecule has 1 atom stereocenters. The SMILES string of the molecule is CN=C(NCC(C)C)N1CCN(C(C)C(F)(F)F)CC1. The Morgan fingerprint density at radius 1 is 1.15 bits per heavy atom. The van der Waals surface area contributed by atoms with Crippen LogP contribution in [0, 0.1) is 5.92 Å². The third-order valence-electron chi connectivity index (χ3n) is 3.52. The Balaban J connectivity index is 2.48. The van der Waals surface area contributed by atoms with Gasteiger partial charge in [0, 0.05) is 39.8 Å². The first-order valence-electron chi connectivity index (χ1n) is 7.02. The topological polar surface area (TPSA) is 30.9 Å². The zero-order chi connectivity index (χ0) is 15.3. The molecule has 1 heterocycles. The van der Waals surface area contributed by atoms with Crippen molar-refractivity contribution in [3.63, 3.8) is 0 Å². The quantitative estimate of drug-likeness (QED) is 0.636. The predicted molar refractivity (Wildman–Crippen MR) is 74.9 cm³/mol. The van der Waals surface area contributed by atoms with Gasteiger partial charge < -0.3 is 10.2 Å². The second kappa shape index (κ2) is 7.15. The molecule has 1 N–H and O–H groups in total. The zero-order valence-electron chi connectivity index (χ0n) is 12.7. The van der Waals surface area contributed by atoms with Crippen molar-refractivity contribution in [2.75, 3.05) is 39.8 Å². The van der Waals surface area contributed by atoms with Crippen LogP contribution in [0.2, 0.25) is 0 Å². The Kier molecular flexibility index (Phi) is 6.10. The fraction of sp³-hybridized carbons (Fsp3) is 0.923. The van der Waals surface area contributed by atoms with Crippen molar-refractivity contribution < 1.29 is 13.2 Å². The summed E-state index contributed by atoms with van der Waals surface area (Å²) in [4.78, 5) is 7.69. The molecule has 0 bridgehead atoms. The van der Waals surface area contributed by atoms with Crippen LogP contribution in [0.4, 0.5) is 13.2 Å². The van der Waals surface area contributed by atoms with Gasteiger partial charge in [-0.05, 0) is 12.8 Å². The van der Waals surface area contributed by atoms with Crippen molar-refractivity contribution in [2.45, 2.75) is 33.0 Å². The van der Waals surface area contributed by atoms with Gasteiger partial charge in [-0.1, -0.05) is 13.8 Å². The van der Waals surface area contributed by atoms with E-state index < -0.39 is 12.2 Å². The van der Waals surface area contributed by atoms with Crippen LogP contribution in [-0.2, 0) is 0 Å². The number of alkyl halides is 3. The number of halogens is 3. The first-order chi connectivity index (χ1) is 9.25. The van der Waals surface area contributed by atoms with Crippen LogP contribution >= 0.6 is 0 Å². The highest BCUT2D eigenvalue weighted by Crippen LogP contribution is 2.25. The summed E-state index contributed by atoms with van der Waals surface area (Å²) in [6, 6.07) is -1.38. The average Bonchev–Trinajstić information content (AvgIpc) is 2.38. The fourth-order valence-electron chi connectivity index (χ4n) is 2.16. The molecule has 1 fully saturated rings. The average molecular weight is 294 g/mol. The van der Waals surface area contributed by atoms with Crippen LogP contribution in [0.3, 0.4) is 0 Å². The number of hydrogen-bond donors (Lipinski definition) is 1. The van der Waals surface area contributed by atoms with Gasteiger partial charge in [-0.25, -0.2) is 0 Å². The zero-order valence-corrected chi connectivity index (χ0v) is 12.7. The summed E-state index contributed by atoms with van der Waals surface area (Å²) >= 11 is 0. The molecule has 20 heavy (non-hydrogen) atoms. The van der Waals surface area contributed by atoms with E-state index in [-0.39, 0.29) is 0 Å². The van der Waals surface area contributed by atoms with Crippen molar-refractivity contribution in [2.24, 2.45) is 10.9 Å². The van der Waals surface area contributed by atoms with Gasteiger partial charge in [0.15, 0.2) is 5.96 Å². The lowest BCUT2D eigenvalue weighted by molar-refractivity contribution is -0.181. The van der Waals surface area contributed by atoms with E-state index in [9.17, 15) is 13.2 Å². The summed E-state index contributed by atoms with van der Waals surface area (Å²) in [5.74, 6) is 1.27. The smallest absolute Gasteiger partial charge is 0.356 e. The molecule has 118 valence electrons. The number of piperazine rings is 1. The molecule has 0 aromatic carbocycles. The Labute approximate surface area is 119 Å². The number of guanidine groups is 1. The number of aliphatic imine (C=N–C) groups is 1. The van der Waals surface area contributed by atoms with Gasteiger partial charge in [0.2, 0.25) is 0 Å². The minimum Gasteiger partial charge on any atom is -0.356 e. The largest absolute Gasteiger partial charge is 0.403 e. The van der Waals surface area contributed by atoms with E-state index in [0.29, 0.717) is 32.1 Å². The van der Waals surface area contributed by atoms with E-state index in [1.54, 1.807) is 7.05 Å². The maximum Gasteiger partial charge on any atom is 0.403 e. The summed E-state index contributed by atoms with van der Waals surface area (Å²) in [5, 5.41) is 3.25. The first kappa shape index (κ1) is 17.1. The number of rotatable bonds is 3. The molecule has 0 radical (unpaired) electrons. The van der Waals surface area contributed by atoms with Gasteiger partial charge in [0.25, 0.3) is 0 Å². The Morgan fingerprint density at radius 2 is 1.70 bits per heavy atom. The summed E-state index contributed by atoms with van der Waals surface area (Å²) in [6.45, 7) is 8.18. The minimum absolute atomic E-state index is 0.406. The normalized spacial score (nSPS) is 20.4. The number of nitrogens with zero attached hydrogens (tertiary/aromatic N) is 3. The van der Waals surface area contributed by atoms with Crippen molar-refractivity contribution in [3.8, 4) is 0 Å². The summed E-state index contributed by atoms with van der Waals surface area (Å²) in [6.07, 6.45) is -4.15. The molecule has 1 aliphatic rings. The summed E-state index contributed by atoms with van der Waals surface area (Å²) in [5.41, 5.74) is 0. The van der Waals surface area contributed by atoms with E-state index in [0.717, 1.165) is 12.5 Å². The van der Waals surface area contributed by atoms with E-state index in [2.05, 4.69) is 24.2 Å².